The number of carbonyl (C=O) groups is 2. The molecule has 1 aliphatic carbocycles. The molecule has 30 heavy (non-hydrogen) atoms. The zero-order chi connectivity index (χ0) is 21.1. The number of halogens is 2. The molecule has 4 rings (SSSR count). The van der Waals surface area contributed by atoms with E-state index in [1.807, 2.05) is 36.4 Å². The molecule has 0 saturated heterocycles. The van der Waals surface area contributed by atoms with Crippen LogP contribution in [0.2, 0.25) is 10.0 Å². The zero-order valence-corrected chi connectivity index (χ0v) is 17.3. The number of fused-ring (bicyclic) bond motifs is 3. The number of ether oxygens (including phenoxy) is 1. The Hall–Kier alpha value is -3.02. The summed E-state index contributed by atoms with van der Waals surface area (Å²) >= 11 is 11.8. The molecule has 3 aromatic rings. The molecule has 0 fully saturated rings. The summed E-state index contributed by atoms with van der Waals surface area (Å²) in [6.45, 7) is -0.0365. The lowest BCUT2D eigenvalue weighted by Gasteiger charge is -2.14. The number of hydrogen-bond acceptors (Lipinski definition) is 3. The molecule has 0 bridgehead atoms. The van der Waals surface area contributed by atoms with E-state index in [0.29, 0.717) is 15.7 Å². The molecule has 0 aromatic heterocycles. The van der Waals surface area contributed by atoms with E-state index in [0.717, 1.165) is 22.3 Å². The van der Waals surface area contributed by atoms with Crippen molar-refractivity contribution in [2.24, 2.45) is 0 Å². The zero-order valence-electron chi connectivity index (χ0n) is 15.8. The van der Waals surface area contributed by atoms with Crippen LogP contribution in [0.15, 0.2) is 66.7 Å². The van der Waals surface area contributed by atoms with Crippen molar-refractivity contribution in [2.75, 3.05) is 18.5 Å². The number of rotatable bonds is 5. The molecule has 5 nitrogen and oxygen atoms in total. The molecule has 0 heterocycles. The van der Waals surface area contributed by atoms with E-state index >= 15 is 0 Å². The number of benzene rings is 3. The summed E-state index contributed by atoms with van der Waals surface area (Å²) in [5, 5.41) is 5.83. The van der Waals surface area contributed by atoms with Gasteiger partial charge in [-0.15, -0.1) is 0 Å². The molecule has 0 radical (unpaired) electrons. The van der Waals surface area contributed by atoms with Crippen LogP contribution < -0.4 is 10.6 Å². The predicted molar refractivity (Wildman–Crippen MR) is 118 cm³/mol. The smallest absolute Gasteiger partial charge is 0.407 e. The molecule has 0 aliphatic heterocycles. The van der Waals surface area contributed by atoms with Crippen molar-refractivity contribution in [2.45, 2.75) is 5.92 Å². The average Bonchev–Trinajstić information content (AvgIpc) is 3.07. The van der Waals surface area contributed by atoms with Gasteiger partial charge in [-0.2, -0.15) is 0 Å². The third kappa shape index (κ3) is 4.27. The summed E-state index contributed by atoms with van der Waals surface area (Å²) in [4.78, 5) is 24.2. The van der Waals surface area contributed by atoms with Crippen LogP contribution in [-0.4, -0.2) is 25.2 Å². The van der Waals surface area contributed by atoms with Crippen LogP contribution in [0.4, 0.5) is 10.5 Å². The van der Waals surface area contributed by atoms with E-state index in [9.17, 15) is 9.59 Å². The van der Waals surface area contributed by atoms with Gasteiger partial charge in [0.25, 0.3) is 0 Å². The predicted octanol–water partition coefficient (Wildman–Crippen LogP) is 5.47. The molecule has 1 aliphatic rings. The van der Waals surface area contributed by atoms with Crippen LogP contribution in [0, 0.1) is 0 Å². The lowest BCUT2D eigenvalue weighted by Crippen LogP contribution is -2.33. The van der Waals surface area contributed by atoms with Crippen molar-refractivity contribution in [3.63, 3.8) is 0 Å². The van der Waals surface area contributed by atoms with Gasteiger partial charge >= 0.3 is 6.09 Å². The van der Waals surface area contributed by atoms with E-state index < -0.39 is 12.0 Å². The first-order chi connectivity index (χ1) is 14.5. The minimum absolute atomic E-state index is 0.0341. The summed E-state index contributed by atoms with van der Waals surface area (Å²) < 4.78 is 5.41. The topological polar surface area (TPSA) is 67.4 Å². The number of nitrogens with one attached hydrogen (secondary N) is 2. The van der Waals surface area contributed by atoms with Crippen LogP contribution in [0.1, 0.15) is 17.0 Å². The fraction of sp³-hybridized carbons (Fsp3) is 0.130. The Morgan fingerprint density at radius 2 is 1.50 bits per heavy atom. The second-order valence-electron chi connectivity index (χ2n) is 6.86. The normalized spacial score (nSPS) is 12.1. The second kappa shape index (κ2) is 8.78. The van der Waals surface area contributed by atoms with E-state index in [1.165, 1.54) is 6.07 Å². The quantitative estimate of drug-likeness (QED) is 0.552. The van der Waals surface area contributed by atoms with Crippen LogP contribution in [0.3, 0.4) is 0 Å². The van der Waals surface area contributed by atoms with Gasteiger partial charge in [-0.1, -0.05) is 71.7 Å². The molecule has 2 amide bonds. The van der Waals surface area contributed by atoms with Gasteiger partial charge in [0.05, 0.1) is 10.0 Å². The van der Waals surface area contributed by atoms with E-state index in [-0.39, 0.29) is 19.1 Å². The Balaban J connectivity index is 1.32. The maximum absolute atomic E-state index is 12.1. The highest BCUT2D eigenvalue weighted by Crippen LogP contribution is 2.44. The highest BCUT2D eigenvalue weighted by molar-refractivity contribution is 6.42. The highest BCUT2D eigenvalue weighted by Gasteiger charge is 2.29. The molecule has 0 unspecified atom stereocenters. The first-order valence-electron chi connectivity index (χ1n) is 9.36. The van der Waals surface area contributed by atoms with Gasteiger partial charge in [0.1, 0.15) is 13.2 Å². The Labute approximate surface area is 184 Å². The molecule has 152 valence electrons. The molecule has 0 saturated carbocycles. The Bertz CT molecular complexity index is 1070. The minimum atomic E-state index is -0.652. The van der Waals surface area contributed by atoms with Crippen LogP contribution in [-0.2, 0) is 9.53 Å². The molecule has 0 spiro atoms. The Morgan fingerprint density at radius 3 is 2.13 bits per heavy atom. The lowest BCUT2D eigenvalue weighted by atomic mass is 9.98. The standard InChI is InChI=1S/C23H18Cl2N2O3/c24-20-10-9-14(11-21(20)25)27-22(28)12-26-23(29)30-13-19-17-7-3-1-5-15(17)16-6-2-4-8-18(16)19/h1-11,19H,12-13H2,(H,26,29)(H,27,28). The Kier molecular flexibility index (Phi) is 5.93. The molecule has 3 aromatic carbocycles. The van der Waals surface area contributed by atoms with E-state index in [1.54, 1.807) is 12.1 Å². The average molecular weight is 441 g/mol. The number of carbonyl (C=O) groups excluding carboxylic acids is 2. The van der Waals surface area contributed by atoms with E-state index in [4.69, 9.17) is 27.9 Å². The monoisotopic (exact) mass is 440 g/mol. The van der Waals surface area contributed by atoms with Gasteiger partial charge in [-0.25, -0.2) is 4.79 Å². The van der Waals surface area contributed by atoms with Crippen molar-refractivity contribution in [3.8, 4) is 11.1 Å². The maximum atomic E-state index is 12.1. The summed E-state index contributed by atoms with van der Waals surface area (Å²) in [5.74, 6) is -0.435. The molecular weight excluding hydrogens is 423 g/mol. The number of alkyl carbamates (subject to hydrolysis) is 1. The summed E-state index contributed by atoms with van der Waals surface area (Å²) in [6, 6.07) is 20.9. The molecular formula is C23H18Cl2N2O3. The maximum Gasteiger partial charge on any atom is 0.407 e. The first kappa shape index (κ1) is 20.3. The van der Waals surface area contributed by atoms with Crippen molar-refractivity contribution < 1.29 is 14.3 Å². The number of hydrogen-bond donors (Lipinski definition) is 2. The van der Waals surface area contributed by atoms with Gasteiger partial charge in [0.2, 0.25) is 5.91 Å². The molecule has 7 heteroatoms. The van der Waals surface area contributed by atoms with Crippen LogP contribution in [0.25, 0.3) is 11.1 Å². The minimum Gasteiger partial charge on any atom is -0.449 e. The summed E-state index contributed by atoms with van der Waals surface area (Å²) in [7, 11) is 0. The third-order valence-electron chi connectivity index (χ3n) is 4.94. The molecule has 2 N–H and O–H groups in total. The van der Waals surface area contributed by atoms with Crippen molar-refractivity contribution in [3.05, 3.63) is 87.9 Å². The Morgan fingerprint density at radius 1 is 0.867 bits per heavy atom. The third-order valence-corrected chi connectivity index (χ3v) is 5.68. The summed E-state index contributed by atoms with van der Waals surface area (Å²) in [5.41, 5.74) is 5.06. The fourth-order valence-corrected chi connectivity index (χ4v) is 3.88. The SMILES string of the molecule is O=C(CNC(=O)OCC1c2ccccc2-c2ccccc21)Nc1ccc(Cl)c(Cl)c1. The fourth-order valence-electron chi connectivity index (χ4n) is 3.58. The van der Waals surface area contributed by atoms with Crippen molar-refractivity contribution >= 4 is 40.9 Å². The van der Waals surface area contributed by atoms with Gasteiger partial charge in [-0.3, -0.25) is 4.79 Å². The van der Waals surface area contributed by atoms with Crippen LogP contribution >= 0.6 is 23.2 Å². The largest absolute Gasteiger partial charge is 0.449 e. The number of amides is 2. The van der Waals surface area contributed by atoms with Gasteiger partial charge in [0.15, 0.2) is 0 Å². The number of anilines is 1. The van der Waals surface area contributed by atoms with Crippen molar-refractivity contribution in [1.29, 1.82) is 0 Å². The summed E-state index contributed by atoms with van der Waals surface area (Å²) in [6.07, 6.45) is -0.652. The molecule has 0 atom stereocenters. The lowest BCUT2D eigenvalue weighted by molar-refractivity contribution is -0.115. The van der Waals surface area contributed by atoms with Crippen LogP contribution in [0.5, 0.6) is 0 Å². The first-order valence-corrected chi connectivity index (χ1v) is 10.1. The van der Waals surface area contributed by atoms with E-state index in [2.05, 4.69) is 22.8 Å². The van der Waals surface area contributed by atoms with Crippen molar-refractivity contribution in [1.82, 2.24) is 5.32 Å². The highest BCUT2D eigenvalue weighted by atomic mass is 35.5. The van der Waals surface area contributed by atoms with Gasteiger partial charge in [-0.05, 0) is 40.5 Å². The second-order valence-corrected chi connectivity index (χ2v) is 7.67. The van der Waals surface area contributed by atoms with Gasteiger partial charge < -0.3 is 15.4 Å². The van der Waals surface area contributed by atoms with Gasteiger partial charge in [0, 0.05) is 11.6 Å².